The predicted octanol–water partition coefficient (Wildman–Crippen LogP) is 4.45. The van der Waals surface area contributed by atoms with Crippen molar-refractivity contribution in [3.05, 3.63) is 47.1 Å². The van der Waals surface area contributed by atoms with E-state index in [9.17, 15) is 4.79 Å². The molecule has 0 saturated carbocycles. The molecule has 3 aromatic rings. The molecule has 0 radical (unpaired) electrons. The van der Waals surface area contributed by atoms with E-state index in [1.54, 1.807) is 12.3 Å². The largest absolute Gasteiger partial charge is 0.444 e. The maximum Gasteiger partial charge on any atom is 0.407 e. The molecule has 0 aliphatic carbocycles. The fourth-order valence-corrected chi connectivity index (χ4v) is 2.48. The summed E-state index contributed by atoms with van der Waals surface area (Å²) in [6.45, 7) is 10.1. The minimum Gasteiger partial charge on any atom is -0.444 e. The molecule has 2 N–H and O–H groups in total. The third-order valence-electron chi connectivity index (χ3n) is 3.47. The number of alkyl carbamates (subject to hydrolysis) is 1. The Morgan fingerprint density at radius 2 is 1.79 bits per heavy atom. The number of aliphatic hydroxyl groups excluding tert-OH is 1. The van der Waals surface area contributed by atoms with Gasteiger partial charge in [-0.2, -0.15) is 4.80 Å². The second-order valence-electron chi connectivity index (χ2n) is 7.08. The van der Waals surface area contributed by atoms with Gasteiger partial charge in [0.1, 0.15) is 11.4 Å². The highest BCUT2D eigenvalue weighted by molar-refractivity contribution is 9.10. The van der Waals surface area contributed by atoms with Crippen LogP contribution in [0.25, 0.3) is 11.4 Å². The molecule has 0 aliphatic rings. The Balaban J connectivity index is 0.00000129. The summed E-state index contributed by atoms with van der Waals surface area (Å²) in [4.78, 5) is 17.2. The number of benzene rings is 1. The molecular weight excluding hydrogens is 492 g/mol. The second kappa shape index (κ2) is 14.2. The van der Waals surface area contributed by atoms with Crippen molar-refractivity contribution in [2.45, 2.75) is 46.8 Å². The SMILES string of the molecule is CC.CC(C)(C)OC(=O)NCCn1nnc(-c2ccc(Oc3ccc(Br)cn3)cc2)n1.CO. The molecule has 0 bridgehead atoms. The molecule has 10 nitrogen and oxygen atoms in total. The highest BCUT2D eigenvalue weighted by Gasteiger charge is 2.15. The van der Waals surface area contributed by atoms with E-state index in [2.05, 4.69) is 41.6 Å². The fourth-order valence-electron chi connectivity index (χ4n) is 2.24. The molecule has 0 atom stereocenters. The van der Waals surface area contributed by atoms with E-state index >= 15 is 0 Å². The van der Waals surface area contributed by atoms with Crippen LogP contribution in [-0.2, 0) is 11.3 Å². The minimum atomic E-state index is -0.536. The van der Waals surface area contributed by atoms with Crippen molar-refractivity contribution in [2.75, 3.05) is 13.7 Å². The number of tetrazole rings is 1. The summed E-state index contributed by atoms with van der Waals surface area (Å²) >= 11 is 3.34. The number of hydrogen-bond donors (Lipinski definition) is 2. The number of amides is 1. The van der Waals surface area contributed by atoms with Crippen molar-refractivity contribution in [2.24, 2.45) is 0 Å². The third-order valence-corrected chi connectivity index (χ3v) is 3.94. The number of nitrogens with one attached hydrogen (secondary N) is 1. The van der Waals surface area contributed by atoms with Crippen LogP contribution in [-0.4, -0.2) is 55.6 Å². The monoisotopic (exact) mass is 522 g/mol. The molecule has 2 heterocycles. The number of rotatable bonds is 6. The van der Waals surface area contributed by atoms with Crippen molar-refractivity contribution in [1.82, 2.24) is 30.5 Å². The topological polar surface area (TPSA) is 124 Å². The molecule has 2 aromatic heterocycles. The Morgan fingerprint density at radius 1 is 1.12 bits per heavy atom. The molecule has 33 heavy (non-hydrogen) atoms. The summed E-state index contributed by atoms with van der Waals surface area (Å²) in [6, 6.07) is 10.9. The second-order valence-corrected chi connectivity index (χ2v) is 7.99. The van der Waals surface area contributed by atoms with Gasteiger partial charge in [0.25, 0.3) is 0 Å². The molecule has 0 aliphatic heterocycles. The molecule has 180 valence electrons. The molecule has 0 spiro atoms. The Hall–Kier alpha value is -3.05. The standard InChI is InChI=1S/C19H21BrN6O3.C2H6.CH4O/c1-19(2,3)29-18(27)21-10-11-26-24-17(23-25-26)13-4-7-15(8-5-13)28-16-9-6-14(20)12-22-16;2*1-2/h4-9,12H,10-11H2,1-3H3,(H,21,27);1-2H3;2H,1H3. The fraction of sp³-hybridized carbons (Fsp3) is 0.409. The zero-order chi connectivity index (χ0) is 24.9. The van der Waals surface area contributed by atoms with Crippen LogP contribution in [0.3, 0.4) is 0 Å². The summed E-state index contributed by atoms with van der Waals surface area (Å²) in [5.74, 6) is 1.63. The Bertz CT molecular complexity index is 956. The number of nitrogens with zero attached hydrogens (tertiary/aromatic N) is 5. The molecule has 0 fully saturated rings. The van der Waals surface area contributed by atoms with Gasteiger partial charge in [-0.05, 0) is 72.2 Å². The van der Waals surface area contributed by atoms with Gasteiger partial charge in [0.15, 0.2) is 0 Å². The lowest BCUT2D eigenvalue weighted by Gasteiger charge is -2.19. The summed E-state index contributed by atoms with van der Waals surface area (Å²) in [7, 11) is 1.00. The van der Waals surface area contributed by atoms with E-state index in [-0.39, 0.29) is 0 Å². The molecule has 0 saturated heterocycles. The van der Waals surface area contributed by atoms with E-state index in [4.69, 9.17) is 14.6 Å². The van der Waals surface area contributed by atoms with Gasteiger partial charge in [-0.1, -0.05) is 13.8 Å². The van der Waals surface area contributed by atoms with E-state index in [0.717, 1.165) is 17.1 Å². The summed E-state index contributed by atoms with van der Waals surface area (Å²) in [5, 5.41) is 22.0. The number of carbonyl (C=O) groups excluding carboxylic acids is 1. The van der Waals surface area contributed by atoms with Crippen LogP contribution in [0.5, 0.6) is 11.6 Å². The highest BCUT2D eigenvalue weighted by atomic mass is 79.9. The van der Waals surface area contributed by atoms with E-state index in [1.165, 1.54) is 4.80 Å². The normalized spacial score (nSPS) is 10.2. The van der Waals surface area contributed by atoms with Gasteiger partial charge < -0.3 is 19.9 Å². The first-order valence-electron chi connectivity index (χ1n) is 10.4. The van der Waals surface area contributed by atoms with Gasteiger partial charge in [-0.3, -0.25) is 0 Å². The summed E-state index contributed by atoms with van der Waals surface area (Å²) in [6.07, 6.45) is 1.19. The lowest BCUT2D eigenvalue weighted by atomic mass is 10.2. The van der Waals surface area contributed by atoms with Crippen molar-refractivity contribution in [3.8, 4) is 23.0 Å². The van der Waals surface area contributed by atoms with Crippen LogP contribution < -0.4 is 10.1 Å². The molecule has 0 unspecified atom stereocenters. The van der Waals surface area contributed by atoms with Crippen molar-refractivity contribution < 1.29 is 19.4 Å². The predicted molar refractivity (Wildman–Crippen MR) is 129 cm³/mol. The molecule has 1 amide bonds. The molecule has 11 heteroatoms. The summed E-state index contributed by atoms with van der Waals surface area (Å²) < 4.78 is 11.8. The van der Waals surface area contributed by atoms with E-state index < -0.39 is 11.7 Å². The van der Waals surface area contributed by atoms with Crippen LogP contribution in [0.4, 0.5) is 4.79 Å². The maximum absolute atomic E-state index is 11.6. The van der Waals surface area contributed by atoms with Crippen LogP contribution in [0.1, 0.15) is 34.6 Å². The van der Waals surface area contributed by atoms with E-state index in [0.29, 0.717) is 30.5 Å². The van der Waals surface area contributed by atoms with Crippen LogP contribution in [0, 0.1) is 0 Å². The number of halogens is 1. The zero-order valence-electron chi connectivity index (χ0n) is 19.7. The first kappa shape index (κ1) is 28.0. The summed E-state index contributed by atoms with van der Waals surface area (Å²) in [5.41, 5.74) is 0.263. The number of carbonyl (C=O) groups is 1. The average molecular weight is 523 g/mol. The smallest absolute Gasteiger partial charge is 0.407 e. The van der Waals surface area contributed by atoms with Gasteiger partial charge in [-0.15, -0.1) is 10.2 Å². The van der Waals surface area contributed by atoms with Crippen LogP contribution in [0.2, 0.25) is 0 Å². The van der Waals surface area contributed by atoms with Gasteiger partial charge in [-0.25, -0.2) is 9.78 Å². The number of pyridine rings is 1. The lowest BCUT2D eigenvalue weighted by molar-refractivity contribution is 0.0525. The molecule has 3 rings (SSSR count). The number of aliphatic hydroxyl groups is 1. The number of hydrogen-bond acceptors (Lipinski definition) is 8. The van der Waals surface area contributed by atoms with Crippen LogP contribution >= 0.6 is 15.9 Å². The number of aromatic nitrogens is 5. The molecular formula is C22H31BrN6O4. The van der Waals surface area contributed by atoms with Gasteiger partial charge in [0, 0.05) is 36.0 Å². The molecule has 1 aromatic carbocycles. The first-order valence-corrected chi connectivity index (χ1v) is 11.2. The minimum absolute atomic E-state index is 0.331. The lowest BCUT2D eigenvalue weighted by Crippen LogP contribution is -2.34. The Morgan fingerprint density at radius 3 is 2.36 bits per heavy atom. The van der Waals surface area contributed by atoms with Crippen molar-refractivity contribution in [1.29, 1.82) is 0 Å². The quantitative estimate of drug-likeness (QED) is 0.486. The zero-order valence-corrected chi connectivity index (χ0v) is 21.3. The van der Waals surface area contributed by atoms with Gasteiger partial charge >= 0.3 is 6.09 Å². The maximum atomic E-state index is 11.6. The van der Waals surface area contributed by atoms with Crippen molar-refractivity contribution >= 4 is 22.0 Å². The van der Waals surface area contributed by atoms with Crippen LogP contribution in [0.15, 0.2) is 47.1 Å². The number of ether oxygens (including phenoxy) is 2. The Kier molecular flexibility index (Phi) is 12.0. The van der Waals surface area contributed by atoms with Crippen molar-refractivity contribution in [3.63, 3.8) is 0 Å². The highest BCUT2D eigenvalue weighted by Crippen LogP contribution is 2.23. The third kappa shape index (κ3) is 10.4. The first-order chi connectivity index (χ1) is 15.8. The Labute approximate surface area is 202 Å². The average Bonchev–Trinajstić information content (AvgIpc) is 3.26. The van der Waals surface area contributed by atoms with Gasteiger partial charge in [0.05, 0.1) is 6.54 Å². The van der Waals surface area contributed by atoms with Gasteiger partial charge in [0.2, 0.25) is 11.7 Å². The van der Waals surface area contributed by atoms with E-state index in [1.807, 2.05) is 65.0 Å².